The summed E-state index contributed by atoms with van der Waals surface area (Å²) in [6, 6.07) is 2.25. The first-order valence-corrected chi connectivity index (χ1v) is 8.16. The average Bonchev–Trinajstić information content (AvgIpc) is 2.41. The molecule has 0 bridgehead atoms. The van der Waals surface area contributed by atoms with Crippen molar-refractivity contribution >= 4 is 34.8 Å². The Kier molecular flexibility index (Phi) is 5.39. The van der Waals surface area contributed by atoms with Crippen molar-refractivity contribution in [3.8, 4) is 0 Å². The number of rotatable bonds is 4. The number of hydrogen-bond donors (Lipinski definition) is 1. The van der Waals surface area contributed by atoms with E-state index in [0.29, 0.717) is 22.0 Å². The molecule has 0 spiro atoms. The zero-order valence-corrected chi connectivity index (χ0v) is 13.9. The Balaban J connectivity index is 2.30. The zero-order chi connectivity index (χ0) is 14.7. The minimum atomic E-state index is 0.453. The van der Waals surface area contributed by atoms with E-state index in [2.05, 4.69) is 36.0 Å². The molecule has 1 saturated heterocycles. The summed E-state index contributed by atoms with van der Waals surface area (Å²) in [6.45, 7) is 8.52. The highest BCUT2D eigenvalue weighted by atomic mass is 35.5. The van der Waals surface area contributed by atoms with Crippen molar-refractivity contribution in [3.05, 3.63) is 16.1 Å². The summed E-state index contributed by atoms with van der Waals surface area (Å²) in [7, 11) is 0. The van der Waals surface area contributed by atoms with E-state index >= 15 is 0 Å². The standard InChI is InChI=1S/C15H23Cl2N3/c1-4-7-18-14-12(16)9-13(17)15(19-14)20-8-5-6-10(2)11(20)3/h9-11H,4-8H2,1-3H3,(H,18,19). The van der Waals surface area contributed by atoms with E-state index in [4.69, 9.17) is 23.2 Å². The lowest BCUT2D eigenvalue weighted by Gasteiger charge is -2.39. The lowest BCUT2D eigenvalue weighted by Crippen LogP contribution is -2.43. The predicted molar refractivity (Wildman–Crippen MR) is 88.2 cm³/mol. The first-order chi connectivity index (χ1) is 9.54. The molecule has 1 N–H and O–H groups in total. The molecule has 2 unspecified atom stereocenters. The van der Waals surface area contributed by atoms with Gasteiger partial charge in [0.2, 0.25) is 0 Å². The fourth-order valence-corrected chi connectivity index (χ4v) is 3.19. The summed E-state index contributed by atoms with van der Waals surface area (Å²) in [6.07, 6.45) is 3.49. The second-order valence-electron chi connectivity index (χ2n) is 5.60. The molecule has 1 aliphatic heterocycles. The van der Waals surface area contributed by atoms with Crippen LogP contribution in [0.5, 0.6) is 0 Å². The molecule has 3 nitrogen and oxygen atoms in total. The molecule has 0 aliphatic carbocycles. The topological polar surface area (TPSA) is 28.2 Å². The SMILES string of the molecule is CCCNc1nc(N2CCCC(C)C2C)c(Cl)cc1Cl. The maximum absolute atomic E-state index is 6.37. The van der Waals surface area contributed by atoms with Crippen molar-refractivity contribution in [2.75, 3.05) is 23.3 Å². The fraction of sp³-hybridized carbons (Fsp3) is 0.667. The Bertz CT molecular complexity index is 465. The van der Waals surface area contributed by atoms with Gasteiger partial charge in [-0.05, 0) is 38.2 Å². The molecule has 1 aromatic heterocycles. The van der Waals surface area contributed by atoms with Gasteiger partial charge in [0.05, 0.1) is 10.0 Å². The van der Waals surface area contributed by atoms with Gasteiger partial charge in [-0.25, -0.2) is 4.98 Å². The minimum absolute atomic E-state index is 0.453. The number of nitrogens with one attached hydrogen (secondary N) is 1. The van der Waals surface area contributed by atoms with Crippen molar-refractivity contribution in [1.82, 2.24) is 4.98 Å². The summed E-state index contributed by atoms with van der Waals surface area (Å²) in [4.78, 5) is 6.98. The lowest BCUT2D eigenvalue weighted by atomic mass is 9.92. The van der Waals surface area contributed by atoms with Gasteiger partial charge in [0.1, 0.15) is 11.6 Å². The van der Waals surface area contributed by atoms with E-state index in [1.807, 2.05) is 0 Å². The molecule has 2 rings (SSSR count). The van der Waals surface area contributed by atoms with Gasteiger partial charge < -0.3 is 10.2 Å². The number of pyridine rings is 1. The van der Waals surface area contributed by atoms with Crippen LogP contribution in [0.4, 0.5) is 11.6 Å². The maximum atomic E-state index is 6.37. The second kappa shape index (κ2) is 6.86. The lowest BCUT2D eigenvalue weighted by molar-refractivity contribution is 0.361. The fourth-order valence-electron chi connectivity index (χ4n) is 2.66. The van der Waals surface area contributed by atoms with Crippen molar-refractivity contribution in [1.29, 1.82) is 0 Å². The van der Waals surface area contributed by atoms with Crippen LogP contribution in [0.25, 0.3) is 0 Å². The van der Waals surface area contributed by atoms with E-state index in [1.54, 1.807) is 6.07 Å². The van der Waals surface area contributed by atoms with E-state index in [0.717, 1.165) is 31.1 Å². The van der Waals surface area contributed by atoms with Crippen molar-refractivity contribution in [3.63, 3.8) is 0 Å². The first kappa shape index (κ1) is 15.7. The van der Waals surface area contributed by atoms with Crippen molar-refractivity contribution < 1.29 is 0 Å². The normalized spacial score (nSPS) is 22.9. The zero-order valence-electron chi connectivity index (χ0n) is 12.4. The Morgan fingerprint density at radius 2 is 2.10 bits per heavy atom. The van der Waals surface area contributed by atoms with Gasteiger partial charge in [0.25, 0.3) is 0 Å². The molecule has 20 heavy (non-hydrogen) atoms. The summed E-state index contributed by atoms with van der Waals surface area (Å²) >= 11 is 12.6. The smallest absolute Gasteiger partial charge is 0.150 e. The molecule has 112 valence electrons. The molecule has 1 fully saturated rings. The summed E-state index contributed by atoms with van der Waals surface area (Å²) < 4.78 is 0. The average molecular weight is 316 g/mol. The Labute approximate surface area is 131 Å². The predicted octanol–water partition coefficient (Wildman–Crippen LogP) is 4.84. The molecule has 0 saturated carbocycles. The van der Waals surface area contributed by atoms with Crippen LogP contribution in [0, 0.1) is 5.92 Å². The van der Waals surface area contributed by atoms with Crippen LogP contribution in [0.1, 0.15) is 40.0 Å². The van der Waals surface area contributed by atoms with E-state index < -0.39 is 0 Å². The van der Waals surface area contributed by atoms with Crippen LogP contribution in [0.3, 0.4) is 0 Å². The molecule has 5 heteroatoms. The summed E-state index contributed by atoms with van der Waals surface area (Å²) in [5.41, 5.74) is 0. The number of halogens is 2. The van der Waals surface area contributed by atoms with Crippen LogP contribution >= 0.6 is 23.2 Å². The van der Waals surface area contributed by atoms with E-state index in [9.17, 15) is 0 Å². The highest BCUT2D eigenvalue weighted by Gasteiger charge is 2.27. The molecule has 2 heterocycles. The molecule has 0 amide bonds. The molecule has 1 aliphatic rings. The molecule has 2 atom stereocenters. The molecule has 1 aromatic rings. The minimum Gasteiger partial charge on any atom is -0.369 e. The number of hydrogen-bond acceptors (Lipinski definition) is 3. The highest BCUT2D eigenvalue weighted by Crippen LogP contribution is 2.35. The highest BCUT2D eigenvalue weighted by molar-refractivity contribution is 6.37. The third-order valence-corrected chi connectivity index (χ3v) is 4.67. The van der Waals surface area contributed by atoms with Crippen molar-refractivity contribution in [2.24, 2.45) is 5.92 Å². The maximum Gasteiger partial charge on any atom is 0.150 e. The van der Waals surface area contributed by atoms with E-state index in [-0.39, 0.29) is 0 Å². The third-order valence-electron chi connectivity index (χ3n) is 4.10. The second-order valence-corrected chi connectivity index (χ2v) is 6.42. The van der Waals surface area contributed by atoms with Gasteiger partial charge in [-0.2, -0.15) is 0 Å². The quantitative estimate of drug-likeness (QED) is 0.862. The van der Waals surface area contributed by atoms with Gasteiger partial charge in [-0.3, -0.25) is 0 Å². The van der Waals surface area contributed by atoms with Crippen LogP contribution in [0.2, 0.25) is 10.0 Å². The summed E-state index contributed by atoms with van der Waals surface area (Å²) in [5, 5.41) is 4.49. The molecule has 0 radical (unpaired) electrons. The van der Waals surface area contributed by atoms with Crippen LogP contribution < -0.4 is 10.2 Å². The van der Waals surface area contributed by atoms with Gasteiger partial charge in [0, 0.05) is 19.1 Å². The largest absolute Gasteiger partial charge is 0.369 e. The number of aromatic nitrogens is 1. The Morgan fingerprint density at radius 1 is 1.35 bits per heavy atom. The van der Waals surface area contributed by atoms with Gasteiger partial charge in [-0.1, -0.05) is 37.0 Å². The third kappa shape index (κ3) is 3.32. The summed E-state index contributed by atoms with van der Waals surface area (Å²) in [5.74, 6) is 2.25. The Morgan fingerprint density at radius 3 is 2.80 bits per heavy atom. The number of anilines is 2. The van der Waals surface area contributed by atoms with Gasteiger partial charge >= 0.3 is 0 Å². The van der Waals surface area contributed by atoms with Crippen molar-refractivity contribution in [2.45, 2.75) is 46.1 Å². The molecular formula is C15H23Cl2N3. The van der Waals surface area contributed by atoms with E-state index in [1.165, 1.54) is 12.8 Å². The number of piperidine rings is 1. The van der Waals surface area contributed by atoms with Crippen LogP contribution in [-0.4, -0.2) is 24.1 Å². The Hall–Kier alpha value is -0.670. The molecule has 0 aromatic carbocycles. The number of nitrogens with zero attached hydrogens (tertiary/aromatic N) is 2. The van der Waals surface area contributed by atoms with Crippen LogP contribution in [0.15, 0.2) is 6.07 Å². The first-order valence-electron chi connectivity index (χ1n) is 7.41. The molecular weight excluding hydrogens is 293 g/mol. The van der Waals surface area contributed by atoms with Crippen LogP contribution in [-0.2, 0) is 0 Å². The van der Waals surface area contributed by atoms with Gasteiger partial charge in [-0.15, -0.1) is 0 Å². The monoisotopic (exact) mass is 315 g/mol. The van der Waals surface area contributed by atoms with Gasteiger partial charge in [0.15, 0.2) is 0 Å².